The van der Waals surface area contributed by atoms with Gasteiger partial charge in [0, 0.05) is 0 Å². The van der Waals surface area contributed by atoms with Crippen molar-refractivity contribution in [2.45, 2.75) is 32.0 Å². The van der Waals surface area contributed by atoms with Gasteiger partial charge < -0.3 is 10.1 Å². The second-order valence-electron chi connectivity index (χ2n) is 5.30. The van der Waals surface area contributed by atoms with Crippen LogP contribution < -0.4 is 10.1 Å². The van der Waals surface area contributed by atoms with Crippen LogP contribution in [0.3, 0.4) is 0 Å². The molecular weight excluding hydrogens is 313 g/mol. The van der Waals surface area contributed by atoms with E-state index >= 15 is 0 Å². The molecule has 1 unspecified atom stereocenters. The van der Waals surface area contributed by atoms with E-state index in [9.17, 15) is 18.0 Å². The monoisotopic (exact) mass is 332 g/mol. The number of ether oxygens (including phenoxy) is 1. The number of carbonyl (C=O) groups excluding carboxylic acids is 1. The molecule has 23 heavy (non-hydrogen) atoms. The minimum Gasteiger partial charge on any atom is -0.491 e. The summed E-state index contributed by atoms with van der Waals surface area (Å²) in [4.78, 5) is 17.1. The summed E-state index contributed by atoms with van der Waals surface area (Å²) in [6.45, 7) is 2.55. The molecule has 1 atom stereocenters. The lowest BCUT2D eigenvalue weighted by atomic mass is 10.2. The number of carbonyl (C=O) groups is 1. The van der Waals surface area contributed by atoms with Gasteiger partial charge in [-0.15, -0.1) is 0 Å². The number of alkyl halides is 3. The van der Waals surface area contributed by atoms with Crippen LogP contribution in [0.15, 0.2) is 24.3 Å². The van der Waals surface area contributed by atoms with Crippen molar-refractivity contribution >= 4 is 6.03 Å². The van der Waals surface area contributed by atoms with Gasteiger partial charge in [0.25, 0.3) is 0 Å². The summed E-state index contributed by atoms with van der Waals surface area (Å²) < 4.78 is 43.8. The van der Waals surface area contributed by atoms with E-state index in [1.807, 2.05) is 0 Å². The molecule has 2 amide bonds. The van der Waals surface area contributed by atoms with E-state index in [-0.39, 0.29) is 12.4 Å². The van der Waals surface area contributed by atoms with Crippen molar-refractivity contribution in [1.29, 1.82) is 0 Å². The van der Waals surface area contributed by atoms with Crippen LogP contribution in [0.25, 0.3) is 0 Å². The van der Waals surface area contributed by atoms with Gasteiger partial charge in [-0.1, -0.05) is 12.1 Å². The number of halogens is 3. The molecule has 1 N–H and O–H groups in total. The quantitative estimate of drug-likeness (QED) is 0.921. The summed E-state index contributed by atoms with van der Waals surface area (Å²) >= 11 is 0. The normalized spacial score (nSPS) is 16.8. The molecule has 0 radical (unpaired) electrons. The molecule has 1 heterocycles. The fraction of sp³-hybridized carbons (Fsp3) is 0.533. The fourth-order valence-electron chi connectivity index (χ4n) is 2.12. The highest BCUT2D eigenvalue weighted by atomic mass is 19.4. The molecule has 1 aliphatic rings. The number of rotatable bonds is 4. The van der Waals surface area contributed by atoms with E-state index in [0.29, 0.717) is 13.2 Å². The topological polar surface area (TPSA) is 50.8 Å². The number of nitrogens with one attached hydrogen (secondary N) is 1. The first-order chi connectivity index (χ1) is 10.9. The van der Waals surface area contributed by atoms with Gasteiger partial charge in [0.05, 0.1) is 24.8 Å². The first-order valence-corrected chi connectivity index (χ1v) is 7.38. The molecule has 2 rings (SSSR count). The highest BCUT2D eigenvalue weighted by Gasteiger charge is 2.34. The first kappa shape index (κ1) is 17.4. The van der Waals surface area contributed by atoms with Crippen molar-refractivity contribution in [2.75, 3.05) is 19.8 Å². The Balaban J connectivity index is 1.87. The van der Waals surface area contributed by atoms with Crippen molar-refractivity contribution in [3.05, 3.63) is 29.8 Å². The van der Waals surface area contributed by atoms with Gasteiger partial charge in [-0.05, 0) is 31.9 Å². The maximum absolute atomic E-state index is 12.9. The van der Waals surface area contributed by atoms with Crippen LogP contribution in [-0.2, 0) is 11.0 Å². The number of urea groups is 1. The average Bonchev–Trinajstić information content (AvgIpc) is 2.53. The molecule has 1 saturated heterocycles. The first-order valence-electron chi connectivity index (χ1n) is 7.38. The lowest BCUT2D eigenvalue weighted by Crippen LogP contribution is -2.47. The maximum atomic E-state index is 12.9. The number of hydrogen-bond acceptors (Lipinski definition) is 3. The van der Waals surface area contributed by atoms with Crippen molar-refractivity contribution in [2.24, 2.45) is 0 Å². The minimum absolute atomic E-state index is 0.0767. The van der Waals surface area contributed by atoms with Gasteiger partial charge in [-0.25, -0.2) is 9.86 Å². The Labute approximate surface area is 132 Å². The molecule has 0 spiro atoms. The molecule has 8 heteroatoms. The van der Waals surface area contributed by atoms with Crippen molar-refractivity contribution < 1.29 is 27.5 Å². The minimum atomic E-state index is -4.48. The Morgan fingerprint density at radius 3 is 2.78 bits per heavy atom. The summed E-state index contributed by atoms with van der Waals surface area (Å²) in [6.07, 6.45) is -2.72. The molecular formula is C15H19F3N2O3. The number of hydroxylamine groups is 2. The molecule has 0 saturated carbocycles. The van der Waals surface area contributed by atoms with Crippen LogP contribution in [-0.4, -0.2) is 36.9 Å². The lowest BCUT2D eigenvalue weighted by molar-refractivity contribution is -0.140. The van der Waals surface area contributed by atoms with E-state index in [1.54, 1.807) is 6.92 Å². The van der Waals surface area contributed by atoms with Crippen LogP contribution in [0.1, 0.15) is 25.3 Å². The number of hydrogen-bond donors (Lipinski definition) is 1. The molecule has 1 aromatic rings. The molecule has 5 nitrogen and oxygen atoms in total. The number of nitrogens with zero attached hydrogens (tertiary/aromatic N) is 1. The highest BCUT2D eigenvalue weighted by Crippen LogP contribution is 2.35. The third-order valence-corrected chi connectivity index (χ3v) is 3.28. The molecule has 0 aliphatic carbocycles. The molecule has 1 aromatic carbocycles. The van der Waals surface area contributed by atoms with Crippen LogP contribution in [0.5, 0.6) is 5.75 Å². The average molecular weight is 332 g/mol. The van der Waals surface area contributed by atoms with Crippen molar-refractivity contribution in [1.82, 2.24) is 10.4 Å². The smallest absolute Gasteiger partial charge is 0.419 e. The Hall–Kier alpha value is -1.96. The molecule has 1 aliphatic heterocycles. The van der Waals surface area contributed by atoms with E-state index in [2.05, 4.69) is 5.32 Å². The van der Waals surface area contributed by atoms with Gasteiger partial charge in [0.2, 0.25) is 0 Å². The zero-order valence-electron chi connectivity index (χ0n) is 12.7. The van der Waals surface area contributed by atoms with Crippen LogP contribution >= 0.6 is 0 Å². The Kier molecular flexibility index (Phi) is 5.70. The van der Waals surface area contributed by atoms with Gasteiger partial charge in [0.15, 0.2) is 0 Å². The zero-order chi connectivity index (χ0) is 16.9. The largest absolute Gasteiger partial charge is 0.491 e. The Bertz CT molecular complexity index is 531. The molecule has 0 aromatic heterocycles. The summed E-state index contributed by atoms with van der Waals surface area (Å²) in [5.74, 6) is -0.254. The van der Waals surface area contributed by atoms with Gasteiger partial charge >= 0.3 is 12.2 Å². The Morgan fingerprint density at radius 1 is 1.39 bits per heavy atom. The summed E-state index contributed by atoms with van der Waals surface area (Å²) in [6, 6.07) is 4.11. The lowest BCUT2D eigenvalue weighted by Gasteiger charge is -2.27. The van der Waals surface area contributed by atoms with Crippen LogP contribution in [0.2, 0.25) is 0 Å². The third kappa shape index (κ3) is 5.02. The van der Waals surface area contributed by atoms with E-state index in [0.717, 1.165) is 18.9 Å². The van der Waals surface area contributed by atoms with E-state index in [1.165, 1.54) is 23.3 Å². The Morgan fingerprint density at radius 2 is 2.13 bits per heavy atom. The number of para-hydroxylation sites is 1. The van der Waals surface area contributed by atoms with Crippen LogP contribution in [0, 0.1) is 0 Å². The van der Waals surface area contributed by atoms with Crippen molar-refractivity contribution in [3.63, 3.8) is 0 Å². The van der Waals surface area contributed by atoms with E-state index in [4.69, 9.17) is 9.57 Å². The second kappa shape index (κ2) is 7.54. The predicted molar refractivity (Wildman–Crippen MR) is 76.8 cm³/mol. The summed E-state index contributed by atoms with van der Waals surface area (Å²) in [5, 5.41) is 3.86. The molecule has 128 valence electrons. The number of benzene rings is 1. The highest BCUT2D eigenvalue weighted by molar-refractivity contribution is 5.73. The summed E-state index contributed by atoms with van der Waals surface area (Å²) in [7, 11) is 0. The second-order valence-corrected chi connectivity index (χ2v) is 5.30. The standard InChI is InChI=1S/C15H19F3N2O3/c1-11(19-14(21)20-8-4-5-9-23-20)10-22-13-7-3-2-6-12(13)15(16,17)18/h2-3,6-7,11H,4-5,8-10H2,1H3,(H,19,21). The van der Waals surface area contributed by atoms with Crippen LogP contribution in [0.4, 0.5) is 18.0 Å². The molecule has 0 bridgehead atoms. The number of amides is 2. The van der Waals surface area contributed by atoms with Gasteiger partial charge in [0.1, 0.15) is 12.4 Å². The van der Waals surface area contributed by atoms with Gasteiger partial charge in [-0.2, -0.15) is 13.2 Å². The summed E-state index contributed by atoms with van der Waals surface area (Å²) in [5.41, 5.74) is -0.835. The third-order valence-electron chi connectivity index (χ3n) is 3.28. The van der Waals surface area contributed by atoms with E-state index < -0.39 is 23.8 Å². The van der Waals surface area contributed by atoms with Gasteiger partial charge in [-0.3, -0.25) is 4.84 Å². The predicted octanol–water partition coefficient (Wildman–Crippen LogP) is 3.21. The SMILES string of the molecule is CC(COc1ccccc1C(F)(F)F)NC(=O)N1CCCCO1. The maximum Gasteiger partial charge on any atom is 0.419 e. The zero-order valence-corrected chi connectivity index (χ0v) is 12.7. The fourth-order valence-corrected chi connectivity index (χ4v) is 2.12. The molecule has 1 fully saturated rings. The van der Waals surface area contributed by atoms with Crippen molar-refractivity contribution in [3.8, 4) is 5.75 Å².